The van der Waals surface area contributed by atoms with Crippen molar-refractivity contribution in [1.82, 2.24) is 40.1 Å². The summed E-state index contributed by atoms with van der Waals surface area (Å²) in [6, 6.07) is 7.16. The molecular weight excluding hydrogens is 497 g/mol. The van der Waals surface area contributed by atoms with Gasteiger partial charge in [0, 0.05) is 42.3 Å². The number of aromatic amines is 2. The molecule has 0 fully saturated rings. The smallest absolute Gasteiger partial charge is 0.224 e. The molecule has 6 heterocycles. The van der Waals surface area contributed by atoms with E-state index in [1.807, 2.05) is 32.9 Å². The van der Waals surface area contributed by atoms with Crippen LogP contribution in [0.5, 0.6) is 0 Å². The summed E-state index contributed by atoms with van der Waals surface area (Å²) < 4.78 is 16.1. The molecule has 6 aromatic rings. The minimum atomic E-state index is -0.579. The first-order chi connectivity index (χ1) is 18.8. The number of halogens is 1. The molecule has 0 spiro atoms. The highest BCUT2D eigenvalue weighted by atomic mass is 19.1. The van der Waals surface area contributed by atoms with Gasteiger partial charge in [0.25, 0.3) is 0 Å². The van der Waals surface area contributed by atoms with Crippen LogP contribution in [0, 0.1) is 11.2 Å². The van der Waals surface area contributed by atoms with Gasteiger partial charge in [0.1, 0.15) is 16.9 Å². The predicted octanol–water partition coefficient (Wildman–Crippen LogP) is 5.53. The molecule has 39 heavy (non-hydrogen) atoms. The fourth-order valence-corrected chi connectivity index (χ4v) is 4.44. The Morgan fingerprint density at radius 2 is 1.74 bits per heavy atom. The molecule has 0 radical (unpaired) electrons. The zero-order valence-electron chi connectivity index (χ0n) is 21.5. The highest BCUT2D eigenvalue weighted by Crippen LogP contribution is 2.34. The van der Waals surface area contributed by atoms with Gasteiger partial charge in [-0.3, -0.25) is 29.8 Å². The minimum Gasteiger partial charge on any atom is -0.336 e. The molecule has 0 aliphatic rings. The number of carbonyl (C=O) groups is 1. The number of H-pyrrole nitrogens is 2. The van der Waals surface area contributed by atoms with Gasteiger partial charge in [-0.15, -0.1) is 0 Å². The van der Waals surface area contributed by atoms with Crippen molar-refractivity contribution < 1.29 is 9.18 Å². The summed E-state index contributed by atoms with van der Waals surface area (Å²) >= 11 is 0. The fraction of sp³-hybridized carbons (Fsp3) is 0.179. The van der Waals surface area contributed by atoms with Crippen LogP contribution in [0.3, 0.4) is 0 Å². The molecule has 0 aliphatic heterocycles. The van der Waals surface area contributed by atoms with Gasteiger partial charge in [-0.1, -0.05) is 20.8 Å². The molecule has 0 saturated heterocycles. The van der Waals surface area contributed by atoms with Crippen LogP contribution >= 0.6 is 0 Å². The number of amides is 1. The number of rotatable bonds is 5. The maximum atomic E-state index is 16.1. The van der Waals surface area contributed by atoms with E-state index in [9.17, 15) is 4.79 Å². The number of hydrogen-bond acceptors (Lipinski definition) is 7. The summed E-state index contributed by atoms with van der Waals surface area (Å²) in [7, 11) is 0. The Morgan fingerprint density at radius 3 is 2.54 bits per heavy atom. The molecule has 3 N–H and O–H groups in total. The van der Waals surface area contributed by atoms with Crippen molar-refractivity contribution in [1.29, 1.82) is 0 Å². The Kier molecular flexibility index (Phi) is 5.82. The van der Waals surface area contributed by atoms with Crippen molar-refractivity contribution in [3.8, 4) is 34.0 Å². The van der Waals surface area contributed by atoms with E-state index in [-0.39, 0.29) is 22.4 Å². The van der Waals surface area contributed by atoms with Gasteiger partial charge in [0.15, 0.2) is 11.6 Å². The second-order valence-electron chi connectivity index (χ2n) is 10.4. The third kappa shape index (κ3) is 4.70. The largest absolute Gasteiger partial charge is 0.336 e. The Balaban J connectivity index is 1.40. The summed E-state index contributed by atoms with van der Waals surface area (Å²) in [6.07, 6.45) is 9.94. The molecule has 0 aromatic carbocycles. The van der Waals surface area contributed by atoms with Crippen molar-refractivity contribution in [2.75, 3.05) is 5.32 Å². The third-order valence-corrected chi connectivity index (χ3v) is 6.11. The van der Waals surface area contributed by atoms with Crippen LogP contribution in [0.4, 0.5) is 10.1 Å². The van der Waals surface area contributed by atoms with Crippen molar-refractivity contribution in [2.24, 2.45) is 5.41 Å². The van der Waals surface area contributed by atoms with Gasteiger partial charge in [-0.2, -0.15) is 5.10 Å². The monoisotopic (exact) mass is 521 g/mol. The van der Waals surface area contributed by atoms with Gasteiger partial charge in [-0.25, -0.2) is 9.37 Å². The normalized spacial score (nSPS) is 11.8. The Morgan fingerprint density at radius 1 is 0.923 bits per heavy atom. The topological polar surface area (TPSA) is 138 Å². The lowest BCUT2D eigenvalue weighted by molar-refractivity contribution is -0.117. The van der Waals surface area contributed by atoms with Crippen LogP contribution in [-0.4, -0.2) is 46.0 Å². The summed E-state index contributed by atoms with van der Waals surface area (Å²) in [6.45, 7) is 5.95. The lowest BCUT2D eigenvalue weighted by Gasteiger charge is -2.17. The standard InChI is InChI=1S/C28H24FN9O/c1-28(2,3)11-20(39)34-17-10-16(12-31-13-17)23-22(29)21-19(14-33-23)37-38-26(21)27-35-18-6-9-32-24(25(18)36-27)15-4-7-30-8-5-15/h4-10,12-14H,11H2,1-3H3,(H,34,39)(H,35,36)(H,37,38). The van der Waals surface area contributed by atoms with Crippen molar-refractivity contribution in [2.45, 2.75) is 27.2 Å². The van der Waals surface area contributed by atoms with E-state index in [1.165, 1.54) is 18.6 Å². The zero-order chi connectivity index (χ0) is 27.1. The van der Waals surface area contributed by atoms with E-state index in [0.717, 1.165) is 11.1 Å². The van der Waals surface area contributed by atoms with E-state index in [1.54, 1.807) is 30.7 Å². The molecule has 0 saturated carbocycles. The van der Waals surface area contributed by atoms with Gasteiger partial charge in [0.2, 0.25) is 5.91 Å². The number of nitrogens with zero attached hydrogens (tertiary/aromatic N) is 6. The van der Waals surface area contributed by atoms with E-state index in [2.05, 4.69) is 40.4 Å². The zero-order valence-corrected chi connectivity index (χ0v) is 21.5. The van der Waals surface area contributed by atoms with E-state index >= 15 is 4.39 Å². The maximum Gasteiger partial charge on any atom is 0.224 e. The van der Waals surface area contributed by atoms with Crippen LogP contribution in [0.15, 0.2) is 61.4 Å². The number of hydrogen-bond donors (Lipinski definition) is 3. The molecule has 6 rings (SSSR count). The van der Waals surface area contributed by atoms with Gasteiger partial charge in [-0.05, 0) is 29.7 Å². The number of aromatic nitrogens is 8. The molecule has 0 unspecified atom stereocenters. The quantitative estimate of drug-likeness (QED) is 0.271. The lowest BCUT2D eigenvalue weighted by Crippen LogP contribution is -2.19. The summed E-state index contributed by atoms with van der Waals surface area (Å²) in [5.41, 5.74) is 4.43. The first kappa shape index (κ1) is 24.3. The SMILES string of the molecule is CC(C)(C)CC(=O)Nc1cncc(-c2ncc3[nH]nc(-c4nc5c(-c6ccncc6)nccc5[nH]4)c3c2F)c1. The van der Waals surface area contributed by atoms with Crippen molar-refractivity contribution in [3.63, 3.8) is 0 Å². The van der Waals surface area contributed by atoms with E-state index < -0.39 is 5.82 Å². The Hall–Kier alpha value is -5.06. The molecule has 6 aromatic heterocycles. The fourth-order valence-electron chi connectivity index (χ4n) is 4.44. The molecule has 1 amide bonds. The molecule has 0 atom stereocenters. The molecular formula is C28H24FN9O. The minimum absolute atomic E-state index is 0.0832. The second kappa shape index (κ2) is 9.35. The van der Waals surface area contributed by atoms with Gasteiger partial charge in [0.05, 0.1) is 40.2 Å². The number of pyridine rings is 4. The van der Waals surface area contributed by atoms with Gasteiger partial charge >= 0.3 is 0 Å². The number of imidazole rings is 1. The summed E-state index contributed by atoms with van der Waals surface area (Å²) in [4.78, 5) is 37.5. The van der Waals surface area contributed by atoms with Gasteiger partial charge < -0.3 is 10.3 Å². The molecule has 0 bridgehead atoms. The summed E-state index contributed by atoms with van der Waals surface area (Å²) in [5.74, 6) is -0.339. The maximum absolute atomic E-state index is 16.1. The third-order valence-electron chi connectivity index (χ3n) is 6.11. The van der Waals surface area contributed by atoms with Crippen LogP contribution in [0.25, 0.3) is 56.0 Å². The Labute approximate surface area is 222 Å². The first-order valence-electron chi connectivity index (χ1n) is 12.3. The number of nitrogens with one attached hydrogen (secondary N) is 3. The van der Waals surface area contributed by atoms with Crippen LogP contribution < -0.4 is 5.32 Å². The van der Waals surface area contributed by atoms with Crippen molar-refractivity contribution in [3.05, 3.63) is 67.3 Å². The van der Waals surface area contributed by atoms with E-state index in [0.29, 0.717) is 45.9 Å². The highest BCUT2D eigenvalue weighted by Gasteiger charge is 2.22. The number of anilines is 1. The first-order valence-corrected chi connectivity index (χ1v) is 12.3. The average molecular weight is 522 g/mol. The number of fused-ring (bicyclic) bond motifs is 2. The summed E-state index contributed by atoms with van der Waals surface area (Å²) in [5, 5.41) is 10.3. The van der Waals surface area contributed by atoms with Crippen LogP contribution in [0.1, 0.15) is 27.2 Å². The lowest BCUT2D eigenvalue weighted by atomic mass is 9.92. The Bertz CT molecular complexity index is 1840. The van der Waals surface area contributed by atoms with E-state index in [4.69, 9.17) is 4.98 Å². The predicted molar refractivity (Wildman–Crippen MR) is 146 cm³/mol. The molecule has 0 aliphatic carbocycles. The second-order valence-corrected chi connectivity index (χ2v) is 10.4. The van der Waals surface area contributed by atoms with Crippen LogP contribution in [0.2, 0.25) is 0 Å². The molecule has 194 valence electrons. The highest BCUT2D eigenvalue weighted by molar-refractivity contribution is 5.97. The average Bonchev–Trinajstić information content (AvgIpc) is 3.53. The number of carbonyl (C=O) groups excluding carboxylic acids is 1. The van der Waals surface area contributed by atoms with Crippen molar-refractivity contribution >= 4 is 33.5 Å². The van der Waals surface area contributed by atoms with Crippen LogP contribution in [-0.2, 0) is 4.79 Å². The molecule has 11 heteroatoms. The molecule has 10 nitrogen and oxygen atoms in total.